The van der Waals surface area contributed by atoms with E-state index in [1.165, 1.54) is 0 Å². The number of H-pyrrole nitrogens is 1. The number of halogens is 4. The number of aliphatic carboxylic acids is 1. The van der Waals surface area contributed by atoms with Crippen LogP contribution in [0.15, 0.2) is 36.4 Å². The average Bonchev–Trinajstić information content (AvgIpc) is 2.93. The molecule has 3 N–H and O–H groups in total. The molecule has 2 aromatic rings. The molecular formula is C15H15F4N3O3. The molecule has 0 saturated heterocycles. The number of alkyl halides is 4. The molecule has 1 heterocycles. The number of hydrogen-bond donors (Lipinski definition) is 3. The van der Waals surface area contributed by atoms with Gasteiger partial charge in [-0.2, -0.15) is 18.3 Å². The van der Waals surface area contributed by atoms with Crippen molar-refractivity contribution in [3.63, 3.8) is 0 Å². The Bertz CT molecular complexity index is 702. The first-order valence-electron chi connectivity index (χ1n) is 6.90. The van der Waals surface area contributed by atoms with Crippen molar-refractivity contribution in [1.29, 1.82) is 0 Å². The van der Waals surface area contributed by atoms with Gasteiger partial charge in [0.1, 0.15) is 0 Å². The maximum absolute atomic E-state index is 13.7. The Morgan fingerprint density at radius 1 is 1.28 bits per heavy atom. The van der Waals surface area contributed by atoms with Crippen molar-refractivity contribution in [2.75, 3.05) is 5.32 Å². The van der Waals surface area contributed by atoms with E-state index in [4.69, 9.17) is 9.90 Å². The van der Waals surface area contributed by atoms with E-state index in [-0.39, 0.29) is 6.42 Å². The number of rotatable bonds is 4. The number of aromatic amines is 1. The monoisotopic (exact) mass is 361 g/mol. The predicted molar refractivity (Wildman–Crippen MR) is 80.7 cm³/mol. The van der Waals surface area contributed by atoms with E-state index >= 15 is 0 Å². The summed E-state index contributed by atoms with van der Waals surface area (Å²) in [7, 11) is 0. The maximum atomic E-state index is 13.7. The number of carboxylic acid groups (broad SMARTS) is 1. The lowest BCUT2D eigenvalue weighted by molar-refractivity contribution is -0.192. The molecule has 0 aliphatic heterocycles. The Kier molecular flexibility index (Phi) is 7.09. The number of nitrogens with zero attached hydrogens (tertiary/aromatic N) is 1. The number of benzene rings is 1. The number of nitrogens with one attached hydrogen (secondary N) is 2. The quantitative estimate of drug-likeness (QED) is 0.730. The van der Waals surface area contributed by atoms with Gasteiger partial charge in [-0.05, 0) is 12.5 Å². The first kappa shape index (κ1) is 20.1. The fraction of sp³-hybridized carbons (Fsp3) is 0.267. The molecule has 1 aromatic carbocycles. The second kappa shape index (κ2) is 8.81. The number of carbonyl (C=O) groups is 2. The van der Waals surface area contributed by atoms with E-state index in [0.29, 0.717) is 5.82 Å². The summed E-state index contributed by atoms with van der Waals surface area (Å²) in [4.78, 5) is 20.5. The number of carboxylic acids is 1. The van der Waals surface area contributed by atoms with E-state index in [9.17, 15) is 22.4 Å². The van der Waals surface area contributed by atoms with Crippen LogP contribution < -0.4 is 5.32 Å². The zero-order chi connectivity index (χ0) is 19.0. The molecule has 6 nitrogen and oxygen atoms in total. The summed E-state index contributed by atoms with van der Waals surface area (Å²) in [6.45, 7) is 1.81. The first-order chi connectivity index (χ1) is 11.6. The molecular weight excluding hydrogens is 346 g/mol. The van der Waals surface area contributed by atoms with Gasteiger partial charge in [-0.25, -0.2) is 9.18 Å². The highest BCUT2D eigenvalue weighted by molar-refractivity contribution is 5.93. The smallest absolute Gasteiger partial charge is 0.475 e. The van der Waals surface area contributed by atoms with Gasteiger partial charge in [0.05, 0.1) is 0 Å². The molecule has 0 aliphatic rings. The van der Waals surface area contributed by atoms with Gasteiger partial charge < -0.3 is 10.4 Å². The van der Waals surface area contributed by atoms with Gasteiger partial charge in [-0.1, -0.05) is 30.3 Å². The van der Waals surface area contributed by atoms with Crippen LogP contribution in [-0.4, -0.2) is 39.5 Å². The van der Waals surface area contributed by atoms with Crippen molar-refractivity contribution < 1.29 is 32.3 Å². The minimum Gasteiger partial charge on any atom is -0.475 e. The van der Waals surface area contributed by atoms with Gasteiger partial charge in [0.15, 0.2) is 12.0 Å². The van der Waals surface area contributed by atoms with Crippen LogP contribution in [0, 0.1) is 6.92 Å². The van der Waals surface area contributed by atoms with Crippen LogP contribution in [0.25, 0.3) is 0 Å². The summed E-state index contributed by atoms with van der Waals surface area (Å²) in [5.41, 5.74) is 1.60. The van der Waals surface area contributed by atoms with Crippen LogP contribution in [0.4, 0.5) is 23.4 Å². The Morgan fingerprint density at radius 3 is 2.28 bits per heavy atom. The standard InChI is InChI=1S/C13H14FN3O.C2HF3O2/c1-9-7-12(17-16-9)15-13(18)11(14)8-10-5-3-2-4-6-10;3-2(4,5)1(6)7/h2-7,11H,8H2,1H3,(H2,15,16,17,18);(H,6,7). The topological polar surface area (TPSA) is 95.1 Å². The molecule has 0 fully saturated rings. The summed E-state index contributed by atoms with van der Waals surface area (Å²) in [5.74, 6) is -3.09. The number of aromatic nitrogens is 2. The lowest BCUT2D eigenvalue weighted by atomic mass is 10.1. The highest BCUT2D eigenvalue weighted by atomic mass is 19.4. The van der Waals surface area contributed by atoms with Crippen LogP contribution >= 0.6 is 0 Å². The fourth-order valence-electron chi connectivity index (χ4n) is 1.60. The summed E-state index contributed by atoms with van der Waals surface area (Å²) in [6, 6.07) is 10.7. The van der Waals surface area contributed by atoms with Gasteiger partial charge in [-0.3, -0.25) is 9.89 Å². The van der Waals surface area contributed by atoms with E-state index in [2.05, 4.69) is 15.5 Å². The SMILES string of the molecule is Cc1cc(NC(=O)C(F)Cc2ccccc2)n[nH]1.O=C(O)C(F)(F)F. The Morgan fingerprint density at radius 2 is 1.84 bits per heavy atom. The minimum atomic E-state index is -5.08. The summed E-state index contributed by atoms with van der Waals surface area (Å²) in [5, 5.41) is 16.0. The van der Waals surface area contributed by atoms with E-state index in [1.54, 1.807) is 25.1 Å². The number of amides is 1. The molecule has 0 aliphatic carbocycles. The molecule has 1 atom stereocenters. The lowest BCUT2D eigenvalue weighted by Crippen LogP contribution is -2.26. The zero-order valence-electron chi connectivity index (χ0n) is 13.0. The summed E-state index contributed by atoms with van der Waals surface area (Å²) < 4.78 is 45.5. The number of anilines is 1. The van der Waals surface area contributed by atoms with E-state index in [1.807, 2.05) is 18.2 Å². The van der Waals surface area contributed by atoms with Gasteiger partial charge in [0, 0.05) is 18.2 Å². The summed E-state index contributed by atoms with van der Waals surface area (Å²) >= 11 is 0. The van der Waals surface area contributed by atoms with Gasteiger partial charge in [-0.15, -0.1) is 0 Å². The number of aryl methyl sites for hydroxylation is 1. The van der Waals surface area contributed by atoms with Crippen molar-refractivity contribution >= 4 is 17.7 Å². The van der Waals surface area contributed by atoms with Crippen LogP contribution in [0.3, 0.4) is 0 Å². The van der Waals surface area contributed by atoms with Gasteiger partial charge >= 0.3 is 12.1 Å². The lowest BCUT2D eigenvalue weighted by Gasteiger charge is -2.07. The molecule has 10 heteroatoms. The van der Waals surface area contributed by atoms with Gasteiger partial charge in [0.25, 0.3) is 5.91 Å². The normalized spacial score (nSPS) is 11.9. The van der Waals surface area contributed by atoms with Crippen molar-refractivity contribution in [1.82, 2.24) is 10.2 Å². The molecule has 25 heavy (non-hydrogen) atoms. The molecule has 1 aromatic heterocycles. The van der Waals surface area contributed by atoms with Crippen molar-refractivity contribution in [2.24, 2.45) is 0 Å². The van der Waals surface area contributed by atoms with Gasteiger partial charge in [0.2, 0.25) is 0 Å². The third kappa shape index (κ3) is 7.46. The van der Waals surface area contributed by atoms with Crippen molar-refractivity contribution in [2.45, 2.75) is 25.7 Å². The molecule has 0 spiro atoms. The van der Waals surface area contributed by atoms with Crippen LogP contribution in [-0.2, 0) is 16.0 Å². The molecule has 1 unspecified atom stereocenters. The maximum Gasteiger partial charge on any atom is 0.490 e. The van der Waals surface area contributed by atoms with Crippen LogP contribution in [0.5, 0.6) is 0 Å². The third-order valence-electron chi connectivity index (χ3n) is 2.74. The molecule has 0 saturated carbocycles. The Labute approximate surface area is 139 Å². The minimum absolute atomic E-state index is 0.0656. The molecule has 0 radical (unpaired) electrons. The van der Waals surface area contributed by atoms with E-state index in [0.717, 1.165) is 11.3 Å². The Balaban J connectivity index is 0.000000381. The zero-order valence-corrected chi connectivity index (χ0v) is 13.0. The third-order valence-corrected chi connectivity index (χ3v) is 2.74. The fourth-order valence-corrected chi connectivity index (χ4v) is 1.60. The Hall–Kier alpha value is -2.91. The average molecular weight is 361 g/mol. The van der Waals surface area contributed by atoms with Crippen LogP contribution in [0.1, 0.15) is 11.3 Å². The molecule has 0 bridgehead atoms. The molecule has 1 amide bonds. The number of hydrogen-bond acceptors (Lipinski definition) is 3. The predicted octanol–water partition coefficient (Wildman–Crippen LogP) is 2.87. The molecule has 2 rings (SSSR count). The highest BCUT2D eigenvalue weighted by Gasteiger charge is 2.38. The van der Waals surface area contributed by atoms with Crippen LogP contribution in [0.2, 0.25) is 0 Å². The second-order valence-electron chi connectivity index (χ2n) is 4.89. The van der Waals surface area contributed by atoms with Crippen molar-refractivity contribution in [3.05, 3.63) is 47.7 Å². The van der Waals surface area contributed by atoms with E-state index < -0.39 is 24.2 Å². The number of carbonyl (C=O) groups excluding carboxylic acids is 1. The summed E-state index contributed by atoms with van der Waals surface area (Å²) in [6.07, 6.45) is -6.60. The second-order valence-corrected chi connectivity index (χ2v) is 4.89. The highest BCUT2D eigenvalue weighted by Crippen LogP contribution is 2.13. The first-order valence-corrected chi connectivity index (χ1v) is 6.90. The largest absolute Gasteiger partial charge is 0.490 e. The molecule has 136 valence electrons. The van der Waals surface area contributed by atoms with Crippen molar-refractivity contribution in [3.8, 4) is 0 Å².